The fourth-order valence-corrected chi connectivity index (χ4v) is 2.36. The number of aromatic nitrogens is 4. The summed E-state index contributed by atoms with van der Waals surface area (Å²) < 4.78 is 5.28. The molecule has 1 saturated carbocycles. The van der Waals surface area contributed by atoms with E-state index in [1.165, 1.54) is 0 Å². The maximum Gasteiger partial charge on any atom is 0.280 e. The van der Waals surface area contributed by atoms with Gasteiger partial charge in [-0.15, -0.1) is 0 Å². The van der Waals surface area contributed by atoms with Crippen molar-refractivity contribution in [1.82, 2.24) is 20.1 Å². The van der Waals surface area contributed by atoms with Crippen LogP contribution < -0.4 is 5.32 Å². The van der Waals surface area contributed by atoms with Crippen LogP contribution in [0.4, 0.5) is 5.95 Å². The van der Waals surface area contributed by atoms with Crippen molar-refractivity contribution in [1.29, 1.82) is 0 Å². The summed E-state index contributed by atoms with van der Waals surface area (Å²) in [4.78, 5) is 23.6. The van der Waals surface area contributed by atoms with E-state index in [4.69, 9.17) is 4.52 Å². The van der Waals surface area contributed by atoms with Gasteiger partial charge in [-0.25, -0.2) is 4.98 Å². The number of carbonyl (C=O) groups excluding carboxylic acids is 1. The summed E-state index contributed by atoms with van der Waals surface area (Å²) in [7, 11) is 0. The molecule has 0 saturated heterocycles. The number of aromatic amines is 1. The Labute approximate surface area is 119 Å². The highest BCUT2D eigenvalue weighted by Crippen LogP contribution is 2.42. The molecule has 0 bridgehead atoms. The van der Waals surface area contributed by atoms with Crippen LogP contribution in [0.1, 0.15) is 40.6 Å². The van der Waals surface area contributed by atoms with Crippen molar-refractivity contribution in [3.05, 3.63) is 35.3 Å². The maximum absolute atomic E-state index is 12.3. The molecular formula is C14H13N5O2. The number of rotatable bonds is 3. The molecule has 0 atom stereocenters. The van der Waals surface area contributed by atoms with E-state index in [2.05, 4.69) is 25.4 Å². The maximum atomic E-state index is 12.3. The Morgan fingerprint density at radius 3 is 3.10 bits per heavy atom. The topological polar surface area (TPSA) is 96.7 Å². The first kappa shape index (κ1) is 12.1. The number of nitrogens with zero attached hydrogens (tertiary/aromatic N) is 3. The Balaban J connectivity index is 1.60. The molecule has 1 amide bonds. The van der Waals surface area contributed by atoms with Gasteiger partial charge in [0.15, 0.2) is 11.3 Å². The second-order valence-corrected chi connectivity index (χ2v) is 5.21. The molecule has 0 spiro atoms. The van der Waals surface area contributed by atoms with E-state index < -0.39 is 0 Å². The van der Waals surface area contributed by atoms with Crippen LogP contribution in [0.15, 0.2) is 22.9 Å². The summed E-state index contributed by atoms with van der Waals surface area (Å²) in [5, 5.41) is 6.58. The van der Waals surface area contributed by atoms with Crippen molar-refractivity contribution >= 4 is 23.0 Å². The molecule has 0 aliphatic heterocycles. The second kappa shape index (κ2) is 4.41. The van der Waals surface area contributed by atoms with Crippen molar-refractivity contribution in [2.24, 2.45) is 0 Å². The summed E-state index contributed by atoms with van der Waals surface area (Å²) in [6, 6.07) is 3.65. The monoisotopic (exact) mass is 283 g/mol. The number of H-pyrrole nitrogens is 1. The molecule has 106 valence electrons. The number of imidazole rings is 1. The third kappa shape index (κ3) is 2.06. The van der Waals surface area contributed by atoms with E-state index in [0.717, 1.165) is 29.7 Å². The fraction of sp³-hybridized carbons (Fsp3) is 0.286. The van der Waals surface area contributed by atoms with Gasteiger partial charge in [0.2, 0.25) is 5.95 Å². The lowest BCUT2D eigenvalue weighted by Gasteiger charge is -1.98. The normalized spacial score (nSPS) is 14.5. The molecule has 2 N–H and O–H groups in total. The highest BCUT2D eigenvalue weighted by Gasteiger charge is 2.32. The summed E-state index contributed by atoms with van der Waals surface area (Å²) in [6.07, 6.45) is 3.86. The second-order valence-electron chi connectivity index (χ2n) is 5.21. The van der Waals surface area contributed by atoms with Crippen molar-refractivity contribution in [2.45, 2.75) is 25.7 Å². The van der Waals surface area contributed by atoms with Gasteiger partial charge in [-0.1, -0.05) is 5.16 Å². The van der Waals surface area contributed by atoms with Gasteiger partial charge < -0.3 is 9.51 Å². The van der Waals surface area contributed by atoms with Crippen molar-refractivity contribution < 1.29 is 9.32 Å². The first-order valence-electron chi connectivity index (χ1n) is 6.80. The molecule has 4 rings (SSSR count). The number of anilines is 1. The van der Waals surface area contributed by atoms with Crippen molar-refractivity contribution in [3.8, 4) is 0 Å². The Hall–Kier alpha value is -2.70. The zero-order valence-corrected chi connectivity index (χ0v) is 11.4. The van der Waals surface area contributed by atoms with Crippen molar-refractivity contribution in [2.75, 3.05) is 5.32 Å². The highest BCUT2D eigenvalue weighted by molar-refractivity contribution is 6.03. The van der Waals surface area contributed by atoms with Crippen LogP contribution in [0.5, 0.6) is 0 Å². The predicted molar refractivity (Wildman–Crippen MR) is 75.1 cm³/mol. The smallest absolute Gasteiger partial charge is 0.280 e. The Morgan fingerprint density at radius 2 is 2.33 bits per heavy atom. The average Bonchev–Trinajstić information content (AvgIpc) is 3.11. The highest BCUT2D eigenvalue weighted by atomic mass is 16.5. The first-order valence-corrected chi connectivity index (χ1v) is 6.80. The predicted octanol–water partition coefficient (Wildman–Crippen LogP) is 2.38. The van der Waals surface area contributed by atoms with Gasteiger partial charge in [0.05, 0.1) is 5.52 Å². The summed E-state index contributed by atoms with van der Waals surface area (Å²) in [5.74, 6) is 1.27. The minimum absolute atomic E-state index is 0.310. The van der Waals surface area contributed by atoms with Gasteiger partial charge in [0.25, 0.3) is 5.91 Å². The first-order chi connectivity index (χ1) is 10.2. The van der Waals surface area contributed by atoms with Gasteiger partial charge in [-0.05, 0) is 31.9 Å². The molecule has 1 aliphatic rings. The fourth-order valence-electron chi connectivity index (χ4n) is 2.36. The van der Waals surface area contributed by atoms with E-state index in [1.807, 2.05) is 13.0 Å². The van der Waals surface area contributed by atoms with E-state index in [-0.39, 0.29) is 5.91 Å². The lowest BCUT2D eigenvalue weighted by Crippen LogP contribution is -2.14. The van der Waals surface area contributed by atoms with Crippen LogP contribution in [-0.2, 0) is 0 Å². The SMILES string of the molecule is Cc1c(C(=O)Nc2nc3ncccc3[nH]2)noc1C1CC1. The van der Waals surface area contributed by atoms with E-state index in [1.54, 1.807) is 12.3 Å². The largest absolute Gasteiger partial charge is 0.360 e. The lowest BCUT2D eigenvalue weighted by molar-refractivity contribution is 0.101. The molecule has 0 unspecified atom stereocenters. The van der Waals surface area contributed by atoms with Crippen LogP contribution >= 0.6 is 0 Å². The number of hydrogen-bond donors (Lipinski definition) is 2. The van der Waals surface area contributed by atoms with E-state index >= 15 is 0 Å². The van der Waals surface area contributed by atoms with Gasteiger partial charge in [0, 0.05) is 17.7 Å². The number of pyridine rings is 1. The molecule has 0 aromatic carbocycles. The lowest BCUT2D eigenvalue weighted by atomic mass is 10.1. The molecule has 3 aromatic heterocycles. The Kier molecular flexibility index (Phi) is 2.53. The molecule has 7 heteroatoms. The van der Waals surface area contributed by atoms with Crippen molar-refractivity contribution in [3.63, 3.8) is 0 Å². The number of nitrogens with one attached hydrogen (secondary N) is 2. The molecule has 3 aromatic rings. The van der Waals surface area contributed by atoms with Crippen LogP contribution in [0.2, 0.25) is 0 Å². The molecule has 1 fully saturated rings. The third-order valence-electron chi connectivity index (χ3n) is 3.61. The summed E-state index contributed by atoms with van der Waals surface area (Å²) in [6.45, 7) is 1.86. The minimum Gasteiger partial charge on any atom is -0.360 e. The molecule has 1 aliphatic carbocycles. The van der Waals surface area contributed by atoms with Gasteiger partial charge in [0.1, 0.15) is 5.76 Å². The quantitative estimate of drug-likeness (QED) is 0.769. The van der Waals surface area contributed by atoms with Crippen LogP contribution in [0.25, 0.3) is 11.2 Å². The van der Waals surface area contributed by atoms with E-state index in [9.17, 15) is 4.79 Å². The molecule has 7 nitrogen and oxygen atoms in total. The number of fused-ring (bicyclic) bond motifs is 1. The minimum atomic E-state index is -0.331. The Morgan fingerprint density at radius 1 is 1.48 bits per heavy atom. The number of carbonyl (C=O) groups is 1. The van der Waals surface area contributed by atoms with Gasteiger partial charge in [-0.2, -0.15) is 4.98 Å². The molecular weight excluding hydrogens is 270 g/mol. The number of amides is 1. The van der Waals surface area contributed by atoms with Gasteiger partial charge in [-0.3, -0.25) is 10.1 Å². The zero-order valence-electron chi connectivity index (χ0n) is 11.4. The Bertz CT molecular complexity index is 798. The molecule has 0 radical (unpaired) electrons. The zero-order chi connectivity index (χ0) is 14.4. The van der Waals surface area contributed by atoms with E-state index in [0.29, 0.717) is 23.2 Å². The molecule has 21 heavy (non-hydrogen) atoms. The van der Waals surface area contributed by atoms with Crippen LogP contribution in [0, 0.1) is 6.92 Å². The van der Waals surface area contributed by atoms with Crippen LogP contribution in [-0.4, -0.2) is 26.0 Å². The number of hydrogen-bond acceptors (Lipinski definition) is 5. The average molecular weight is 283 g/mol. The third-order valence-corrected chi connectivity index (χ3v) is 3.61. The van der Waals surface area contributed by atoms with Gasteiger partial charge >= 0.3 is 0 Å². The standard InChI is InChI=1S/C14H13N5O2/c1-7-10(19-21-11(7)8-4-5-8)13(20)18-14-16-9-3-2-6-15-12(9)17-14/h2-3,6,8H,4-5H2,1H3,(H2,15,16,17,18,20). The molecule has 3 heterocycles. The summed E-state index contributed by atoms with van der Waals surface area (Å²) in [5.41, 5.74) is 2.45. The summed E-state index contributed by atoms with van der Waals surface area (Å²) >= 11 is 0. The van der Waals surface area contributed by atoms with Crippen LogP contribution in [0.3, 0.4) is 0 Å².